The van der Waals surface area contributed by atoms with Crippen LogP contribution in [0.25, 0.3) is 0 Å². The molecular formula is C19H21ClN2O2. The molecule has 0 aliphatic carbocycles. The van der Waals surface area contributed by atoms with Gasteiger partial charge in [0.25, 0.3) is 5.91 Å². The van der Waals surface area contributed by atoms with Crippen LogP contribution in [-0.2, 0) is 6.54 Å². The zero-order valence-corrected chi connectivity index (χ0v) is 14.5. The van der Waals surface area contributed by atoms with Crippen LogP contribution in [-0.4, -0.2) is 49.0 Å². The molecule has 0 bridgehead atoms. The summed E-state index contributed by atoms with van der Waals surface area (Å²) in [4.78, 5) is 16.7. The first-order chi connectivity index (χ1) is 11.7. The first kappa shape index (κ1) is 16.8. The zero-order chi connectivity index (χ0) is 16.9. The normalized spacial score (nSPS) is 15.3. The summed E-state index contributed by atoms with van der Waals surface area (Å²) < 4.78 is 5.41. The molecule has 1 fully saturated rings. The second-order valence-electron chi connectivity index (χ2n) is 5.89. The Hall–Kier alpha value is -2.04. The van der Waals surface area contributed by atoms with Gasteiger partial charge in [-0.25, -0.2) is 0 Å². The van der Waals surface area contributed by atoms with Crippen molar-refractivity contribution in [3.05, 3.63) is 64.7 Å². The van der Waals surface area contributed by atoms with E-state index in [4.69, 9.17) is 16.3 Å². The van der Waals surface area contributed by atoms with Gasteiger partial charge in [0.1, 0.15) is 5.75 Å². The molecule has 3 rings (SSSR count). The third kappa shape index (κ3) is 3.89. The molecule has 1 amide bonds. The quantitative estimate of drug-likeness (QED) is 0.853. The highest BCUT2D eigenvalue weighted by Crippen LogP contribution is 2.24. The molecule has 2 aromatic carbocycles. The Morgan fingerprint density at radius 3 is 2.46 bits per heavy atom. The van der Waals surface area contributed by atoms with Crippen LogP contribution in [0, 0.1) is 0 Å². The summed E-state index contributed by atoms with van der Waals surface area (Å²) >= 11 is 6.10. The van der Waals surface area contributed by atoms with Gasteiger partial charge in [0.05, 0.1) is 7.11 Å². The van der Waals surface area contributed by atoms with Crippen molar-refractivity contribution in [1.29, 1.82) is 0 Å². The maximum atomic E-state index is 12.5. The molecule has 24 heavy (non-hydrogen) atoms. The second-order valence-corrected chi connectivity index (χ2v) is 6.33. The molecule has 4 nitrogen and oxygen atoms in total. The van der Waals surface area contributed by atoms with Crippen LogP contribution in [0.4, 0.5) is 0 Å². The van der Waals surface area contributed by atoms with Gasteiger partial charge in [-0.05, 0) is 30.3 Å². The van der Waals surface area contributed by atoms with Crippen molar-refractivity contribution in [2.75, 3.05) is 33.3 Å². The Morgan fingerprint density at radius 2 is 1.79 bits per heavy atom. The van der Waals surface area contributed by atoms with Crippen molar-refractivity contribution in [3.63, 3.8) is 0 Å². The van der Waals surface area contributed by atoms with E-state index in [1.807, 2.05) is 53.4 Å². The van der Waals surface area contributed by atoms with Gasteiger partial charge < -0.3 is 9.64 Å². The number of ether oxygens (including phenoxy) is 1. The van der Waals surface area contributed by atoms with Crippen LogP contribution < -0.4 is 4.74 Å². The molecule has 0 N–H and O–H groups in total. The summed E-state index contributed by atoms with van der Waals surface area (Å²) in [5.41, 5.74) is 1.83. The average Bonchev–Trinajstić information content (AvgIpc) is 2.63. The number of methoxy groups -OCH3 is 1. The molecule has 0 unspecified atom stereocenters. The molecule has 0 aromatic heterocycles. The van der Waals surface area contributed by atoms with Crippen molar-refractivity contribution in [1.82, 2.24) is 9.80 Å². The third-order valence-corrected chi connectivity index (χ3v) is 4.55. The number of piperazine rings is 1. The fraction of sp³-hybridized carbons (Fsp3) is 0.316. The Labute approximate surface area is 147 Å². The molecule has 2 aromatic rings. The van der Waals surface area contributed by atoms with E-state index in [2.05, 4.69) is 4.90 Å². The Bertz CT molecular complexity index is 698. The van der Waals surface area contributed by atoms with Crippen LogP contribution in [0.5, 0.6) is 5.75 Å². The van der Waals surface area contributed by atoms with Gasteiger partial charge in [0.2, 0.25) is 0 Å². The molecule has 5 heteroatoms. The number of hydrogen-bond acceptors (Lipinski definition) is 3. The van der Waals surface area contributed by atoms with E-state index >= 15 is 0 Å². The van der Waals surface area contributed by atoms with Gasteiger partial charge in [-0.3, -0.25) is 9.69 Å². The van der Waals surface area contributed by atoms with E-state index in [1.165, 1.54) is 0 Å². The lowest BCUT2D eigenvalue weighted by Gasteiger charge is -2.35. The molecule has 0 saturated carbocycles. The Balaban J connectivity index is 1.60. The second kappa shape index (κ2) is 7.69. The first-order valence-corrected chi connectivity index (χ1v) is 8.44. The molecular weight excluding hydrogens is 324 g/mol. The number of amides is 1. The monoisotopic (exact) mass is 344 g/mol. The lowest BCUT2D eigenvalue weighted by Crippen LogP contribution is -2.48. The predicted molar refractivity (Wildman–Crippen MR) is 95.6 cm³/mol. The SMILES string of the molecule is COc1ccc(Cl)cc1CN1CCN(C(=O)c2ccccc2)CC1. The number of hydrogen-bond donors (Lipinski definition) is 0. The van der Waals surface area contributed by atoms with Crippen LogP contribution in [0.3, 0.4) is 0 Å². The highest BCUT2D eigenvalue weighted by atomic mass is 35.5. The van der Waals surface area contributed by atoms with Crippen molar-refractivity contribution < 1.29 is 9.53 Å². The largest absolute Gasteiger partial charge is 0.496 e. The lowest BCUT2D eigenvalue weighted by molar-refractivity contribution is 0.0627. The van der Waals surface area contributed by atoms with Crippen LogP contribution in [0.2, 0.25) is 5.02 Å². The van der Waals surface area contributed by atoms with E-state index in [0.717, 1.165) is 49.6 Å². The van der Waals surface area contributed by atoms with E-state index in [0.29, 0.717) is 5.02 Å². The van der Waals surface area contributed by atoms with Crippen molar-refractivity contribution in [3.8, 4) is 5.75 Å². The highest BCUT2D eigenvalue weighted by molar-refractivity contribution is 6.30. The number of halogens is 1. The zero-order valence-electron chi connectivity index (χ0n) is 13.7. The average molecular weight is 345 g/mol. The fourth-order valence-corrected chi connectivity index (χ4v) is 3.18. The van der Waals surface area contributed by atoms with E-state index in [-0.39, 0.29) is 5.91 Å². The van der Waals surface area contributed by atoms with Gasteiger partial charge >= 0.3 is 0 Å². The van der Waals surface area contributed by atoms with E-state index in [9.17, 15) is 4.79 Å². The van der Waals surface area contributed by atoms with Gasteiger partial charge in [-0.1, -0.05) is 29.8 Å². The minimum absolute atomic E-state index is 0.107. The highest BCUT2D eigenvalue weighted by Gasteiger charge is 2.22. The summed E-state index contributed by atoms with van der Waals surface area (Å²) in [5, 5.41) is 0.712. The van der Waals surface area contributed by atoms with E-state index < -0.39 is 0 Å². The van der Waals surface area contributed by atoms with Crippen molar-refractivity contribution in [2.45, 2.75) is 6.54 Å². The van der Waals surface area contributed by atoms with Gasteiger partial charge in [0.15, 0.2) is 0 Å². The van der Waals surface area contributed by atoms with Crippen LogP contribution in [0.1, 0.15) is 15.9 Å². The van der Waals surface area contributed by atoms with Gasteiger partial charge in [-0.15, -0.1) is 0 Å². The molecule has 1 aliphatic heterocycles. The molecule has 126 valence electrons. The fourth-order valence-electron chi connectivity index (χ4n) is 2.98. The van der Waals surface area contributed by atoms with Crippen molar-refractivity contribution in [2.24, 2.45) is 0 Å². The molecule has 1 saturated heterocycles. The molecule has 0 atom stereocenters. The molecule has 0 radical (unpaired) electrons. The first-order valence-electron chi connectivity index (χ1n) is 8.06. The standard InChI is InChI=1S/C19H21ClN2O2/c1-24-18-8-7-17(20)13-16(18)14-21-9-11-22(12-10-21)19(23)15-5-3-2-4-6-15/h2-8,13H,9-12,14H2,1H3. The van der Waals surface area contributed by atoms with Crippen molar-refractivity contribution >= 4 is 17.5 Å². The molecule has 0 spiro atoms. The summed E-state index contributed by atoms with van der Waals surface area (Å²) in [5.74, 6) is 0.956. The van der Waals surface area contributed by atoms with Gasteiger partial charge in [0, 0.05) is 48.9 Å². The Kier molecular flexibility index (Phi) is 5.38. The number of carbonyl (C=O) groups is 1. The predicted octanol–water partition coefficient (Wildman–Crippen LogP) is 3.31. The molecule has 1 heterocycles. The number of rotatable bonds is 4. The summed E-state index contributed by atoms with van der Waals surface area (Å²) in [6.07, 6.45) is 0. The maximum Gasteiger partial charge on any atom is 0.253 e. The minimum atomic E-state index is 0.107. The van der Waals surface area contributed by atoms with Crippen LogP contribution in [0.15, 0.2) is 48.5 Å². The van der Waals surface area contributed by atoms with Gasteiger partial charge in [-0.2, -0.15) is 0 Å². The minimum Gasteiger partial charge on any atom is -0.496 e. The number of carbonyl (C=O) groups excluding carboxylic acids is 1. The topological polar surface area (TPSA) is 32.8 Å². The van der Waals surface area contributed by atoms with E-state index in [1.54, 1.807) is 7.11 Å². The summed E-state index contributed by atoms with van der Waals surface area (Å²) in [6.45, 7) is 3.92. The summed E-state index contributed by atoms with van der Waals surface area (Å²) in [7, 11) is 1.67. The summed E-state index contributed by atoms with van der Waals surface area (Å²) in [6, 6.07) is 15.1. The Morgan fingerprint density at radius 1 is 1.08 bits per heavy atom. The maximum absolute atomic E-state index is 12.5. The third-order valence-electron chi connectivity index (χ3n) is 4.32. The lowest BCUT2D eigenvalue weighted by atomic mass is 10.1. The number of nitrogens with zero attached hydrogens (tertiary/aromatic N) is 2. The molecule has 1 aliphatic rings. The smallest absolute Gasteiger partial charge is 0.253 e. The van der Waals surface area contributed by atoms with Crippen LogP contribution >= 0.6 is 11.6 Å². The number of benzene rings is 2.